The van der Waals surface area contributed by atoms with Crippen molar-refractivity contribution in [1.82, 2.24) is 0 Å². The summed E-state index contributed by atoms with van der Waals surface area (Å²) in [6.07, 6.45) is 0. The Bertz CT molecular complexity index is 469. The lowest BCUT2D eigenvalue weighted by atomic mass is 9.96. The van der Waals surface area contributed by atoms with Gasteiger partial charge in [-0.05, 0) is 24.3 Å². The Morgan fingerprint density at radius 2 is 1.69 bits per heavy atom. The van der Waals surface area contributed by atoms with Crippen molar-refractivity contribution in [2.24, 2.45) is 0 Å². The van der Waals surface area contributed by atoms with E-state index in [0.29, 0.717) is 17.0 Å². The van der Waals surface area contributed by atoms with E-state index in [-0.39, 0.29) is 0 Å². The molecule has 0 aliphatic carbocycles. The first-order chi connectivity index (χ1) is 7.79. The van der Waals surface area contributed by atoms with Gasteiger partial charge in [0.25, 0.3) is 0 Å². The van der Waals surface area contributed by atoms with Crippen LogP contribution >= 0.6 is 0 Å². The smallest absolute Gasteiger partial charge is 0.169 e. The third-order valence-corrected chi connectivity index (χ3v) is 2.16. The Morgan fingerprint density at radius 1 is 0.938 bits per heavy atom. The normalized spacial score (nSPS) is 9.81. The van der Waals surface area contributed by atoms with Crippen LogP contribution in [0.4, 0.5) is 0 Å². The van der Waals surface area contributed by atoms with Crippen LogP contribution in [0.2, 0.25) is 0 Å². The van der Waals surface area contributed by atoms with Gasteiger partial charge in [-0.1, -0.05) is 29.7 Å². The summed E-state index contributed by atoms with van der Waals surface area (Å²) in [6.45, 7) is 0. The molecule has 0 saturated carbocycles. The van der Waals surface area contributed by atoms with E-state index in [9.17, 15) is 0 Å². The van der Waals surface area contributed by atoms with E-state index in [4.69, 9.17) is 17.3 Å². The van der Waals surface area contributed by atoms with E-state index >= 15 is 0 Å². The molecule has 3 heteroatoms. The van der Waals surface area contributed by atoms with Gasteiger partial charge in [0.05, 0.1) is 7.11 Å². The third-order valence-electron chi connectivity index (χ3n) is 2.16. The molecule has 0 aliphatic heterocycles. The zero-order valence-electron chi connectivity index (χ0n) is 9.01. The van der Waals surface area contributed by atoms with Gasteiger partial charge in [0.15, 0.2) is 11.5 Å². The summed E-state index contributed by atoms with van der Waals surface area (Å²) in [4.78, 5) is 0. The fourth-order valence-electron chi connectivity index (χ4n) is 1.38. The van der Waals surface area contributed by atoms with Crippen molar-refractivity contribution in [3.63, 3.8) is 0 Å². The van der Waals surface area contributed by atoms with Crippen LogP contribution in [-0.2, 0) is 0 Å². The van der Waals surface area contributed by atoms with Crippen molar-refractivity contribution in [3.05, 3.63) is 48.5 Å². The summed E-state index contributed by atoms with van der Waals surface area (Å²) in [5, 5.41) is 0. The van der Waals surface area contributed by atoms with Gasteiger partial charge in [0, 0.05) is 0 Å². The second kappa shape index (κ2) is 4.75. The summed E-state index contributed by atoms with van der Waals surface area (Å²) in [5.41, 5.74) is 0.650. The molecular weight excluding hydrogens is 199 g/mol. The van der Waals surface area contributed by atoms with Gasteiger partial charge in [-0.15, -0.1) is 0 Å². The summed E-state index contributed by atoms with van der Waals surface area (Å²) >= 11 is 0. The fraction of sp³-hybridized carbons (Fsp3) is 0.0769. The molecule has 0 aromatic heterocycles. The van der Waals surface area contributed by atoms with E-state index in [1.807, 2.05) is 30.3 Å². The summed E-state index contributed by atoms with van der Waals surface area (Å²) < 4.78 is 10.9. The molecule has 0 amide bonds. The lowest BCUT2D eigenvalue weighted by molar-refractivity contribution is 0.379. The van der Waals surface area contributed by atoms with Crippen LogP contribution in [0.3, 0.4) is 0 Å². The largest absolute Gasteiger partial charge is 0.493 e. The highest BCUT2D eigenvalue weighted by Crippen LogP contribution is 2.29. The van der Waals surface area contributed by atoms with Crippen molar-refractivity contribution in [1.29, 1.82) is 0 Å². The zero-order chi connectivity index (χ0) is 11.4. The van der Waals surface area contributed by atoms with Gasteiger partial charge in [0.2, 0.25) is 0 Å². The molecule has 0 spiro atoms. The Labute approximate surface area is 96.2 Å². The molecule has 0 aliphatic rings. The molecule has 0 saturated heterocycles. The van der Waals surface area contributed by atoms with Crippen LogP contribution in [0, 0.1) is 0 Å². The number of para-hydroxylation sites is 1. The maximum absolute atomic E-state index is 5.67. The number of methoxy groups -OCH3 is 1. The van der Waals surface area contributed by atoms with Crippen LogP contribution in [0.5, 0.6) is 17.2 Å². The topological polar surface area (TPSA) is 18.5 Å². The predicted molar refractivity (Wildman–Crippen MR) is 64.9 cm³/mol. The molecule has 0 fully saturated rings. The van der Waals surface area contributed by atoms with E-state index in [1.165, 1.54) is 0 Å². The molecule has 16 heavy (non-hydrogen) atoms. The van der Waals surface area contributed by atoms with Crippen molar-refractivity contribution >= 4 is 13.3 Å². The number of ether oxygens (including phenoxy) is 2. The Kier molecular flexibility index (Phi) is 3.15. The highest BCUT2D eigenvalue weighted by Gasteiger charge is 2.04. The van der Waals surface area contributed by atoms with Crippen LogP contribution in [-0.4, -0.2) is 15.0 Å². The van der Waals surface area contributed by atoms with Crippen LogP contribution in [0.1, 0.15) is 0 Å². The minimum absolute atomic E-state index is 0.629. The Morgan fingerprint density at radius 3 is 2.38 bits per heavy atom. The molecule has 2 nitrogen and oxygen atoms in total. The second-order valence-corrected chi connectivity index (χ2v) is 3.33. The third kappa shape index (κ3) is 2.37. The summed E-state index contributed by atoms with van der Waals surface area (Å²) in [5.74, 6) is 2.05. The number of rotatable bonds is 3. The zero-order valence-corrected chi connectivity index (χ0v) is 9.01. The quantitative estimate of drug-likeness (QED) is 0.723. The van der Waals surface area contributed by atoms with Gasteiger partial charge in [-0.25, -0.2) is 0 Å². The first-order valence-corrected chi connectivity index (χ1v) is 4.96. The van der Waals surface area contributed by atoms with Gasteiger partial charge in [-0.2, -0.15) is 0 Å². The second-order valence-electron chi connectivity index (χ2n) is 3.33. The van der Waals surface area contributed by atoms with Crippen molar-refractivity contribution < 1.29 is 9.47 Å². The highest BCUT2D eigenvalue weighted by atomic mass is 16.5. The van der Waals surface area contributed by atoms with Gasteiger partial charge in [0.1, 0.15) is 13.6 Å². The van der Waals surface area contributed by atoms with Crippen LogP contribution in [0.25, 0.3) is 0 Å². The van der Waals surface area contributed by atoms with Gasteiger partial charge >= 0.3 is 0 Å². The monoisotopic (exact) mass is 210 g/mol. The van der Waals surface area contributed by atoms with Crippen LogP contribution < -0.4 is 14.9 Å². The van der Waals surface area contributed by atoms with E-state index in [0.717, 1.165) is 5.75 Å². The fourth-order valence-corrected chi connectivity index (χ4v) is 1.38. The molecule has 78 valence electrons. The summed E-state index contributed by atoms with van der Waals surface area (Å²) in [7, 11) is 7.25. The lowest BCUT2D eigenvalue weighted by Gasteiger charge is -2.10. The lowest BCUT2D eigenvalue weighted by Crippen LogP contribution is -2.02. The minimum Gasteiger partial charge on any atom is -0.493 e. The molecule has 0 unspecified atom stereocenters. The van der Waals surface area contributed by atoms with Crippen molar-refractivity contribution in [2.45, 2.75) is 0 Å². The molecule has 0 bridgehead atoms. The molecule has 2 aromatic carbocycles. The molecule has 0 N–H and O–H groups in total. The van der Waals surface area contributed by atoms with Gasteiger partial charge in [-0.3, -0.25) is 0 Å². The van der Waals surface area contributed by atoms with E-state index in [2.05, 4.69) is 0 Å². The van der Waals surface area contributed by atoms with Crippen molar-refractivity contribution in [2.75, 3.05) is 7.11 Å². The Balaban J connectivity index is 2.28. The van der Waals surface area contributed by atoms with Crippen molar-refractivity contribution in [3.8, 4) is 17.2 Å². The van der Waals surface area contributed by atoms with Crippen LogP contribution in [0.15, 0.2) is 48.5 Å². The first kappa shape index (κ1) is 10.6. The molecular formula is C13H11BO2. The average Bonchev–Trinajstić information content (AvgIpc) is 2.33. The number of hydrogen-bond donors (Lipinski definition) is 0. The maximum Gasteiger partial charge on any atom is 0.169 e. The molecule has 2 rings (SSSR count). The minimum atomic E-state index is 0.629. The molecule has 2 radical (unpaired) electrons. The predicted octanol–water partition coefficient (Wildman–Crippen LogP) is 2.28. The maximum atomic E-state index is 5.67. The number of hydrogen-bond acceptors (Lipinski definition) is 2. The summed E-state index contributed by atoms with van der Waals surface area (Å²) in [6, 6.07) is 14.8. The SMILES string of the molecule is [B]c1ccc(Oc2ccccc2)c(OC)c1. The molecule has 0 atom stereocenters. The van der Waals surface area contributed by atoms with E-state index < -0.39 is 0 Å². The van der Waals surface area contributed by atoms with Gasteiger partial charge < -0.3 is 9.47 Å². The number of benzene rings is 2. The highest BCUT2D eigenvalue weighted by molar-refractivity contribution is 6.32. The average molecular weight is 210 g/mol. The molecule has 0 heterocycles. The van der Waals surface area contributed by atoms with E-state index in [1.54, 1.807) is 25.3 Å². The first-order valence-electron chi connectivity index (χ1n) is 4.96. The standard InChI is InChI=1S/C13H11BO2/c1-15-13-9-10(14)7-8-12(13)16-11-5-3-2-4-6-11/h2-9H,1H3. The molecule has 2 aromatic rings. The Hall–Kier alpha value is -1.90.